The Hall–Kier alpha value is -0.710. The minimum absolute atomic E-state index is 0.704. The topological polar surface area (TPSA) is 0 Å². The second-order valence-electron chi connectivity index (χ2n) is 2.95. The predicted molar refractivity (Wildman–Crippen MR) is 54.2 cm³/mol. The van der Waals surface area contributed by atoms with Gasteiger partial charge in [-0.1, -0.05) is 42.0 Å². The first-order chi connectivity index (χ1) is 5.72. The summed E-state index contributed by atoms with van der Waals surface area (Å²) < 4.78 is 0. The van der Waals surface area contributed by atoms with Gasteiger partial charge in [-0.2, -0.15) is 0 Å². The van der Waals surface area contributed by atoms with Crippen LogP contribution in [0.15, 0.2) is 40.1 Å². The SMILES string of the molecule is CCC1=C=C(Cl)/C=C\C/C(C)=C\1. The summed E-state index contributed by atoms with van der Waals surface area (Å²) in [6.07, 6.45) is 8.11. The number of allylic oxidation sites excluding steroid dienone is 5. The maximum Gasteiger partial charge on any atom is 0.0824 e. The lowest BCUT2D eigenvalue weighted by atomic mass is 10.1. The molecule has 0 spiro atoms. The number of hydrogen-bond donors (Lipinski definition) is 0. The van der Waals surface area contributed by atoms with Crippen molar-refractivity contribution < 1.29 is 0 Å². The van der Waals surface area contributed by atoms with Gasteiger partial charge < -0.3 is 0 Å². The second-order valence-corrected chi connectivity index (χ2v) is 3.36. The fourth-order valence-electron chi connectivity index (χ4n) is 1.13. The van der Waals surface area contributed by atoms with Crippen LogP contribution in [-0.4, -0.2) is 0 Å². The van der Waals surface area contributed by atoms with Crippen LogP contribution in [-0.2, 0) is 0 Å². The lowest BCUT2D eigenvalue weighted by Gasteiger charge is -2.00. The van der Waals surface area contributed by atoms with Gasteiger partial charge in [-0.3, -0.25) is 0 Å². The standard InChI is InChI=1S/C11H13Cl/c1-3-10-7-9(2)5-4-6-11(12)8-10/h4,6-7H,3,5H2,1-2H3/b6-4-,9-7-. The van der Waals surface area contributed by atoms with Crippen molar-refractivity contribution in [3.8, 4) is 0 Å². The molecule has 0 radical (unpaired) electrons. The third-order valence-corrected chi connectivity index (χ3v) is 2.01. The van der Waals surface area contributed by atoms with E-state index < -0.39 is 0 Å². The molecule has 0 nitrogen and oxygen atoms in total. The number of hydrogen-bond acceptors (Lipinski definition) is 0. The molecule has 1 heteroatoms. The smallest absolute Gasteiger partial charge is 0.0824 e. The molecular weight excluding hydrogens is 168 g/mol. The van der Waals surface area contributed by atoms with Crippen molar-refractivity contribution in [3.63, 3.8) is 0 Å². The van der Waals surface area contributed by atoms with E-state index >= 15 is 0 Å². The van der Waals surface area contributed by atoms with Crippen molar-refractivity contribution in [2.24, 2.45) is 0 Å². The molecule has 0 amide bonds. The van der Waals surface area contributed by atoms with Gasteiger partial charge in [-0.05, 0) is 31.4 Å². The summed E-state index contributed by atoms with van der Waals surface area (Å²) in [4.78, 5) is 0. The molecule has 0 saturated carbocycles. The van der Waals surface area contributed by atoms with Crippen LogP contribution in [0, 0.1) is 0 Å². The van der Waals surface area contributed by atoms with E-state index in [1.807, 2.05) is 6.08 Å². The zero-order chi connectivity index (χ0) is 8.97. The Kier molecular flexibility index (Phi) is 3.40. The molecule has 0 aromatic carbocycles. The quantitative estimate of drug-likeness (QED) is 0.536. The average Bonchev–Trinajstić information content (AvgIpc) is 2.00. The molecule has 1 aliphatic rings. The second kappa shape index (κ2) is 4.35. The van der Waals surface area contributed by atoms with Gasteiger partial charge >= 0.3 is 0 Å². The van der Waals surface area contributed by atoms with E-state index in [-0.39, 0.29) is 0 Å². The minimum Gasteiger partial charge on any atom is -0.0971 e. The summed E-state index contributed by atoms with van der Waals surface area (Å²) >= 11 is 5.88. The summed E-state index contributed by atoms with van der Waals surface area (Å²) in [5.41, 5.74) is 5.68. The Morgan fingerprint density at radius 2 is 2.33 bits per heavy atom. The maximum absolute atomic E-state index is 5.88. The molecule has 12 heavy (non-hydrogen) atoms. The fraction of sp³-hybridized carbons (Fsp3) is 0.364. The molecule has 64 valence electrons. The first kappa shape index (κ1) is 9.38. The van der Waals surface area contributed by atoms with Crippen LogP contribution in [0.5, 0.6) is 0 Å². The molecule has 0 aliphatic heterocycles. The van der Waals surface area contributed by atoms with E-state index in [1.54, 1.807) is 0 Å². The Labute approximate surface area is 78.9 Å². The number of halogens is 1. The molecule has 1 rings (SSSR count). The lowest BCUT2D eigenvalue weighted by Crippen LogP contribution is -1.81. The van der Waals surface area contributed by atoms with Crippen LogP contribution in [0.3, 0.4) is 0 Å². The highest BCUT2D eigenvalue weighted by Crippen LogP contribution is 2.15. The molecular formula is C11H13Cl. The van der Waals surface area contributed by atoms with Gasteiger partial charge in [0.05, 0.1) is 5.03 Å². The molecule has 0 aromatic rings. The van der Waals surface area contributed by atoms with Gasteiger partial charge in [-0.15, -0.1) is 0 Å². The monoisotopic (exact) mass is 180 g/mol. The molecule has 0 fully saturated rings. The molecule has 0 heterocycles. The van der Waals surface area contributed by atoms with E-state index in [0.29, 0.717) is 5.03 Å². The highest BCUT2D eigenvalue weighted by molar-refractivity contribution is 6.31. The Balaban J connectivity index is 3.10. The number of rotatable bonds is 1. The van der Waals surface area contributed by atoms with Crippen LogP contribution in [0.2, 0.25) is 0 Å². The van der Waals surface area contributed by atoms with E-state index in [0.717, 1.165) is 12.8 Å². The zero-order valence-corrected chi connectivity index (χ0v) is 8.28. The summed E-state index contributed by atoms with van der Waals surface area (Å²) in [7, 11) is 0. The highest BCUT2D eigenvalue weighted by atomic mass is 35.5. The van der Waals surface area contributed by atoms with Crippen molar-refractivity contribution in [2.45, 2.75) is 26.7 Å². The van der Waals surface area contributed by atoms with E-state index in [2.05, 4.69) is 31.7 Å². The molecule has 0 saturated heterocycles. The van der Waals surface area contributed by atoms with Crippen LogP contribution in [0.1, 0.15) is 26.7 Å². The van der Waals surface area contributed by atoms with Crippen molar-refractivity contribution in [3.05, 3.63) is 40.1 Å². The van der Waals surface area contributed by atoms with E-state index in [9.17, 15) is 0 Å². The molecule has 0 N–H and O–H groups in total. The molecule has 1 aliphatic carbocycles. The van der Waals surface area contributed by atoms with Gasteiger partial charge in [0.15, 0.2) is 0 Å². The lowest BCUT2D eigenvalue weighted by molar-refractivity contribution is 1.11. The Morgan fingerprint density at radius 3 is 3.00 bits per heavy atom. The Bertz CT molecular complexity index is 286. The highest BCUT2D eigenvalue weighted by Gasteiger charge is 1.94. The van der Waals surface area contributed by atoms with Crippen molar-refractivity contribution in [1.29, 1.82) is 0 Å². The zero-order valence-electron chi connectivity index (χ0n) is 7.52. The third-order valence-electron chi connectivity index (χ3n) is 1.79. The summed E-state index contributed by atoms with van der Waals surface area (Å²) in [5.74, 6) is 0. The summed E-state index contributed by atoms with van der Waals surface area (Å²) in [5, 5.41) is 0.704. The van der Waals surface area contributed by atoms with Crippen LogP contribution in [0.4, 0.5) is 0 Å². The average molecular weight is 181 g/mol. The van der Waals surface area contributed by atoms with Crippen molar-refractivity contribution in [2.75, 3.05) is 0 Å². The first-order valence-electron chi connectivity index (χ1n) is 4.21. The van der Waals surface area contributed by atoms with Crippen LogP contribution >= 0.6 is 11.6 Å². The van der Waals surface area contributed by atoms with Gasteiger partial charge in [-0.25, -0.2) is 0 Å². The molecule has 0 aromatic heterocycles. The third kappa shape index (κ3) is 2.73. The van der Waals surface area contributed by atoms with Gasteiger partial charge in [0.2, 0.25) is 0 Å². The van der Waals surface area contributed by atoms with Crippen LogP contribution < -0.4 is 0 Å². The maximum atomic E-state index is 5.88. The van der Waals surface area contributed by atoms with Gasteiger partial charge in [0, 0.05) is 0 Å². The fourth-order valence-corrected chi connectivity index (χ4v) is 1.34. The Morgan fingerprint density at radius 1 is 1.58 bits per heavy atom. The van der Waals surface area contributed by atoms with E-state index in [1.165, 1.54) is 11.1 Å². The van der Waals surface area contributed by atoms with Crippen LogP contribution in [0.25, 0.3) is 0 Å². The van der Waals surface area contributed by atoms with E-state index in [4.69, 9.17) is 11.6 Å². The summed E-state index contributed by atoms with van der Waals surface area (Å²) in [6, 6.07) is 0. The van der Waals surface area contributed by atoms with Gasteiger partial charge in [0.1, 0.15) is 0 Å². The normalized spacial score (nSPS) is 24.4. The van der Waals surface area contributed by atoms with Gasteiger partial charge in [0.25, 0.3) is 0 Å². The summed E-state index contributed by atoms with van der Waals surface area (Å²) in [6.45, 7) is 4.24. The minimum atomic E-state index is 0.704. The largest absolute Gasteiger partial charge is 0.0971 e. The molecule has 0 bridgehead atoms. The van der Waals surface area contributed by atoms with Crippen molar-refractivity contribution >= 4 is 11.6 Å². The molecule has 0 unspecified atom stereocenters. The first-order valence-corrected chi connectivity index (χ1v) is 4.59. The molecule has 0 atom stereocenters. The van der Waals surface area contributed by atoms with Crippen molar-refractivity contribution in [1.82, 2.24) is 0 Å². The predicted octanol–water partition coefficient (Wildman–Crippen LogP) is 3.95.